The molecule has 1 aromatic heterocycles. The van der Waals surface area contributed by atoms with E-state index in [4.69, 9.17) is 4.74 Å². The van der Waals surface area contributed by atoms with Crippen LogP contribution in [0.25, 0.3) is 0 Å². The highest BCUT2D eigenvalue weighted by Crippen LogP contribution is 2.12. The molecule has 104 valence electrons. The minimum absolute atomic E-state index is 0.306. The first kappa shape index (κ1) is 15.5. The summed E-state index contributed by atoms with van der Waals surface area (Å²) in [5, 5.41) is 6.30. The summed E-state index contributed by atoms with van der Waals surface area (Å²) in [4.78, 5) is 4.46. The van der Waals surface area contributed by atoms with E-state index in [0.29, 0.717) is 19.1 Å². The van der Waals surface area contributed by atoms with Crippen molar-refractivity contribution in [2.75, 3.05) is 19.8 Å². The standard InChI is InChI=1S/C12H20F2N2OS/c1-3-15-9(2)6-10-8-18-12(16-10)4-5-17-7-11(13)14/h8-9,11,15H,3-7H2,1-2H3. The molecule has 1 rings (SSSR count). The fraction of sp³-hybridized carbons (Fsp3) is 0.750. The molecule has 0 saturated carbocycles. The zero-order valence-electron chi connectivity index (χ0n) is 10.8. The van der Waals surface area contributed by atoms with E-state index in [9.17, 15) is 8.78 Å². The van der Waals surface area contributed by atoms with Gasteiger partial charge in [-0.2, -0.15) is 0 Å². The van der Waals surface area contributed by atoms with Crippen molar-refractivity contribution >= 4 is 11.3 Å². The van der Waals surface area contributed by atoms with E-state index >= 15 is 0 Å². The summed E-state index contributed by atoms with van der Waals surface area (Å²) in [5.74, 6) is 0. The van der Waals surface area contributed by atoms with Gasteiger partial charge in [-0.1, -0.05) is 6.92 Å². The first-order chi connectivity index (χ1) is 8.61. The van der Waals surface area contributed by atoms with Gasteiger partial charge in [-0.25, -0.2) is 13.8 Å². The van der Waals surface area contributed by atoms with Gasteiger partial charge in [0, 0.05) is 24.3 Å². The molecule has 1 aromatic rings. The predicted octanol–water partition coefficient (Wildman–Crippen LogP) is 2.51. The summed E-state index contributed by atoms with van der Waals surface area (Å²) in [5.41, 5.74) is 1.05. The normalized spacial score (nSPS) is 13.2. The zero-order valence-corrected chi connectivity index (χ0v) is 11.6. The van der Waals surface area contributed by atoms with Crippen LogP contribution >= 0.6 is 11.3 Å². The molecule has 0 bridgehead atoms. The van der Waals surface area contributed by atoms with Gasteiger partial charge in [0.25, 0.3) is 6.43 Å². The number of rotatable bonds is 9. The number of hydrogen-bond donors (Lipinski definition) is 1. The first-order valence-corrected chi connectivity index (χ1v) is 7.02. The maximum absolute atomic E-state index is 11.8. The average Bonchev–Trinajstić information content (AvgIpc) is 2.72. The highest BCUT2D eigenvalue weighted by Gasteiger charge is 2.07. The van der Waals surface area contributed by atoms with Crippen molar-refractivity contribution in [3.05, 3.63) is 16.1 Å². The minimum atomic E-state index is -2.39. The number of nitrogens with one attached hydrogen (secondary N) is 1. The third-order valence-corrected chi connectivity index (χ3v) is 3.33. The lowest BCUT2D eigenvalue weighted by Gasteiger charge is -2.09. The zero-order chi connectivity index (χ0) is 13.4. The van der Waals surface area contributed by atoms with E-state index in [2.05, 4.69) is 24.1 Å². The maximum atomic E-state index is 11.8. The molecule has 18 heavy (non-hydrogen) atoms. The highest BCUT2D eigenvalue weighted by molar-refractivity contribution is 7.09. The Morgan fingerprint density at radius 3 is 2.94 bits per heavy atom. The van der Waals surface area contributed by atoms with Crippen molar-refractivity contribution in [1.29, 1.82) is 0 Å². The number of likely N-dealkylation sites (N-methyl/N-ethyl adjacent to an activating group) is 1. The molecule has 0 fully saturated rings. The van der Waals surface area contributed by atoms with E-state index < -0.39 is 13.0 Å². The van der Waals surface area contributed by atoms with Crippen LogP contribution in [0, 0.1) is 0 Å². The molecular formula is C12H20F2N2OS. The molecule has 1 N–H and O–H groups in total. The van der Waals surface area contributed by atoms with E-state index in [1.165, 1.54) is 0 Å². The van der Waals surface area contributed by atoms with Crippen LogP contribution in [0.1, 0.15) is 24.5 Å². The van der Waals surface area contributed by atoms with Gasteiger partial charge in [0.15, 0.2) is 0 Å². The van der Waals surface area contributed by atoms with E-state index in [1.807, 2.05) is 5.38 Å². The second-order valence-electron chi connectivity index (χ2n) is 4.11. The average molecular weight is 278 g/mol. The Bertz CT molecular complexity index is 334. The van der Waals surface area contributed by atoms with Crippen molar-refractivity contribution in [1.82, 2.24) is 10.3 Å². The van der Waals surface area contributed by atoms with E-state index in [0.717, 1.165) is 23.7 Å². The number of halogens is 2. The van der Waals surface area contributed by atoms with E-state index in [1.54, 1.807) is 11.3 Å². The molecule has 0 aliphatic heterocycles. The summed E-state index contributed by atoms with van der Waals surface area (Å²) >= 11 is 1.56. The Kier molecular flexibility index (Phi) is 7.31. The monoisotopic (exact) mass is 278 g/mol. The maximum Gasteiger partial charge on any atom is 0.261 e. The van der Waals surface area contributed by atoms with Gasteiger partial charge in [-0.15, -0.1) is 11.3 Å². The summed E-state index contributed by atoms with van der Waals surface area (Å²) in [6, 6.07) is 0.403. The quantitative estimate of drug-likeness (QED) is 0.705. The van der Waals surface area contributed by atoms with Crippen LogP contribution in [0.15, 0.2) is 5.38 Å². The van der Waals surface area contributed by atoms with E-state index in [-0.39, 0.29) is 0 Å². The Labute approximate surface area is 111 Å². The highest BCUT2D eigenvalue weighted by atomic mass is 32.1. The van der Waals surface area contributed by atoms with Crippen LogP contribution in [0.2, 0.25) is 0 Å². The van der Waals surface area contributed by atoms with Gasteiger partial charge in [-0.3, -0.25) is 0 Å². The lowest BCUT2D eigenvalue weighted by atomic mass is 10.2. The minimum Gasteiger partial charge on any atom is -0.375 e. The molecule has 0 saturated heterocycles. The van der Waals surface area contributed by atoms with Crippen LogP contribution in [0.3, 0.4) is 0 Å². The van der Waals surface area contributed by atoms with Crippen LogP contribution < -0.4 is 5.32 Å². The number of ether oxygens (including phenoxy) is 1. The van der Waals surface area contributed by atoms with Crippen LogP contribution in [0.5, 0.6) is 0 Å². The first-order valence-electron chi connectivity index (χ1n) is 6.14. The molecular weight excluding hydrogens is 258 g/mol. The largest absolute Gasteiger partial charge is 0.375 e. The van der Waals surface area contributed by atoms with Gasteiger partial charge >= 0.3 is 0 Å². The summed E-state index contributed by atoms with van der Waals surface area (Å²) in [7, 11) is 0. The molecule has 0 spiro atoms. The Hall–Kier alpha value is -0.590. The Morgan fingerprint density at radius 1 is 1.50 bits per heavy atom. The lowest BCUT2D eigenvalue weighted by molar-refractivity contribution is 0.0187. The predicted molar refractivity (Wildman–Crippen MR) is 69.5 cm³/mol. The number of thiazole rings is 1. The summed E-state index contributed by atoms with van der Waals surface area (Å²) in [6.45, 7) is 4.95. The van der Waals surface area contributed by atoms with Crippen LogP contribution in [-0.4, -0.2) is 37.2 Å². The molecule has 0 aliphatic carbocycles. The Morgan fingerprint density at radius 2 is 2.28 bits per heavy atom. The molecule has 6 heteroatoms. The molecule has 1 heterocycles. The van der Waals surface area contributed by atoms with Gasteiger partial charge in [0.05, 0.1) is 17.3 Å². The fourth-order valence-corrected chi connectivity index (χ4v) is 2.42. The lowest BCUT2D eigenvalue weighted by Crippen LogP contribution is -2.27. The van der Waals surface area contributed by atoms with Crippen LogP contribution in [-0.2, 0) is 17.6 Å². The summed E-state index contributed by atoms with van der Waals surface area (Å²) < 4.78 is 28.5. The third-order valence-electron chi connectivity index (χ3n) is 2.37. The number of aromatic nitrogens is 1. The van der Waals surface area contributed by atoms with Crippen LogP contribution in [0.4, 0.5) is 8.78 Å². The fourth-order valence-electron chi connectivity index (χ4n) is 1.62. The van der Waals surface area contributed by atoms with Gasteiger partial charge in [0.2, 0.25) is 0 Å². The smallest absolute Gasteiger partial charge is 0.261 e. The number of hydrogen-bond acceptors (Lipinski definition) is 4. The SMILES string of the molecule is CCNC(C)Cc1csc(CCOCC(F)F)n1. The van der Waals surface area contributed by atoms with Crippen molar-refractivity contribution in [3.63, 3.8) is 0 Å². The van der Waals surface area contributed by atoms with Crippen molar-refractivity contribution < 1.29 is 13.5 Å². The number of nitrogens with zero attached hydrogens (tertiary/aromatic N) is 1. The van der Waals surface area contributed by atoms with Crippen molar-refractivity contribution in [3.8, 4) is 0 Å². The molecule has 1 atom stereocenters. The Balaban J connectivity index is 2.25. The topological polar surface area (TPSA) is 34.1 Å². The summed E-state index contributed by atoms with van der Waals surface area (Å²) in [6.07, 6.45) is -0.896. The molecule has 3 nitrogen and oxygen atoms in total. The second kappa shape index (κ2) is 8.50. The molecule has 1 unspecified atom stereocenters. The second-order valence-corrected chi connectivity index (χ2v) is 5.05. The molecule has 0 radical (unpaired) electrons. The van der Waals surface area contributed by atoms with Gasteiger partial charge in [0.1, 0.15) is 6.61 Å². The number of alkyl halides is 2. The van der Waals surface area contributed by atoms with Gasteiger partial charge < -0.3 is 10.1 Å². The van der Waals surface area contributed by atoms with Gasteiger partial charge in [-0.05, 0) is 13.5 Å². The molecule has 0 aliphatic rings. The van der Waals surface area contributed by atoms with Crippen molar-refractivity contribution in [2.24, 2.45) is 0 Å². The molecule has 0 amide bonds. The molecule has 0 aromatic carbocycles. The third kappa shape index (κ3) is 6.37. The van der Waals surface area contributed by atoms with Crippen molar-refractivity contribution in [2.45, 2.75) is 39.2 Å².